The second kappa shape index (κ2) is 5.80. The molecule has 2 unspecified atom stereocenters. The lowest BCUT2D eigenvalue weighted by Crippen LogP contribution is -2.61. The van der Waals surface area contributed by atoms with Gasteiger partial charge in [0.25, 0.3) is 0 Å². The first kappa shape index (κ1) is 18.4. The zero-order valence-corrected chi connectivity index (χ0v) is 14.3. The normalized spacial score (nSPS) is 36.8. The van der Waals surface area contributed by atoms with Gasteiger partial charge in [-0.25, -0.2) is 4.79 Å². The highest BCUT2D eigenvalue weighted by Crippen LogP contribution is 2.60. The summed E-state index contributed by atoms with van der Waals surface area (Å²) in [5.41, 5.74) is -1.33. The van der Waals surface area contributed by atoms with E-state index >= 15 is 0 Å². The van der Waals surface area contributed by atoms with Crippen LogP contribution in [0.25, 0.3) is 0 Å². The van der Waals surface area contributed by atoms with E-state index < -0.39 is 39.3 Å². The lowest BCUT2D eigenvalue weighted by atomic mass is 9.52. The molecule has 0 aromatic heterocycles. The van der Waals surface area contributed by atoms with Crippen LogP contribution in [0, 0.1) is 11.8 Å². The molecule has 4 saturated carbocycles. The maximum Gasteiger partial charge on any atom is 0.509 e. The predicted molar refractivity (Wildman–Crippen MR) is 80.4 cm³/mol. The first-order valence-electron chi connectivity index (χ1n) is 7.98. The van der Waals surface area contributed by atoms with E-state index in [-0.39, 0.29) is 0 Å². The molecule has 25 heavy (non-hydrogen) atoms. The van der Waals surface area contributed by atoms with Gasteiger partial charge in [-0.3, -0.25) is 4.55 Å². The van der Waals surface area contributed by atoms with Gasteiger partial charge in [0.15, 0.2) is 6.61 Å². The topological polar surface area (TPSA) is 99.1 Å². The summed E-state index contributed by atoms with van der Waals surface area (Å²) < 4.78 is 71.1. The molecule has 0 aromatic carbocycles. The number of alkyl halides is 2. The minimum absolute atomic E-state index is 0.299. The molecule has 10 heteroatoms. The molecule has 4 rings (SSSR count). The van der Waals surface area contributed by atoms with Crippen LogP contribution in [-0.2, 0) is 24.3 Å². The van der Waals surface area contributed by atoms with E-state index in [1.54, 1.807) is 0 Å². The number of carbonyl (C=O) groups excluding carboxylic acids is 1. The van der Waals surface area contributed by atoms with Gasteiger partial charge in [0.1, 0.15) is 11.2 Å². The highest BCUT2D eigenvalue weighted by Gasteiger charge is 2.61. The van der Waals surface area contributed by atoms with Crippen molar-refractivity contribution < 1.29 is 40.8 Å². The second-order valence-electron chi connectivity index (χ2n) is 7.36. The monoisotopic (exact) mass is 382 g/mol. The van der Waals surface area contributed by atoms with Crippen LogP contribution in [0.5, 0.6) is 0 Å². The van der Waals surface area contributed by atoms with Crippen molar-refractivity contribution in [1.82, 2.24) is 0 Å². The van der Waals surface area contributed by atoms with E-state index in [2.05, 4.69) is 11.3 Å². The van der Waals surface area contributed by atoms with Crippen molar-refractivity contribution in [2.24, 2.45) is 11.8 Å². The summed E-state index contributed by atoms with van der Waals surface area (Å²) in [6.07, 6.45) is 4.26. The van der Waals surface area contributed by atoms with Gasteiger partial charge in [-0.05, 0) is 43.9 Å². The molecule has 4 fully saturated rings. The third-order valence-corrected chi connectivity index (χ3v) is 6.20. The molecular weight excluding hydrogens is 362 g/mol. The summed E-state index contributed by atoms with van der Waals surface area (Å²) in [5.74, 6) is 0.599. The number of rotatable bonds is 6. The fourth-order valence-corrected chi connectivity index (χ4v) is 5.16. The first-order chi connectivity index (χ1) is 11.5. The van der Waals surface area contributed by atoms with Gasteiger partial charge in [0, 0.05) is 6.42 Å². The largest absolute Gasteiger partial charge is 0.509 e. The second-order valence-corrected chi connectivity index (χ2v) is 8.91. The van der Waals surface area contributed by atoms with Crippen molar-refractivity contribution in [3.05, 3.63) is 12.8 Å². The molecule has 0 spiro atoms. The van der Waals surface area contributed by atoms with Gasteiger partial charge in [-0.1, -0.05) is 6.58 Å². The van der Waals surface area contributed by atoms with Gasteiger partial charge in [0.05, 0.1) is 6.26 Å². The summed E-state index contributed by atoms with van der Waals surface area (Å²) in [7, 11) is -5.67. The lowest BCUT2D eigenvalue weighted by Gasteiger charge is -2.59. The number of halogens is 2. The highest BCUT2D eigenvalue weighted by molar-refractivity contribution is 7.86. The molecule has 0 amide bonds. The van der Waals surface area contributed by atoms with Gasteiger partial charge < -0.3 is 14.2 Å². The molecule has 0 aliphatic heterocycles. The predicted octanol–water partition coefficient (Wildman–Crippen LogP) is 2.87. The van der Waals surface area contributed by atoms with Crippen molar-refractivity contribution in [3.8, 4) is 0 Å². The Bertz CT molecular complexity index is 661. The van der Waals surface area contributed by atoms with Gasteiger partial charge in [-0.2, -0.15) is 17.2 Å². The van der Waals surface area contributed by atoms with E-state index in [4.69, 9.17) is 14.0 Å². The molecule has 142 valence electrons. The molecule has 4 aliphatic carbocycles. The van der Waals surface area contributed by atoms with Gasteiger partial charge in [-0.15, -0.1) is 0 Å². The number of ether oxygens (including phenoxy) is 3. The average molecular weight is 382 g/mol. The quantitative estimate of drug-likeness (QED) is 0.428. The van der Waals surface area contributed by atoms with E-state index in [1.165, 1.54) is 6.26 Å². The third-order valence-electron chi connectivity index (χ3n) is 5.32. The van der Waals surface area contributed by atoms with Crippen LogP contribution in [0.4, 0.5) is 13.6 Å². The summed E-state index contributed by atoms with van der Waals surface area (Å²) in [5, 5.41) is -4.58. The third kappa shape index (κ3) is 3.46. The Morgan fingerprint density at radius 3 is 2.32 bits per heavy atom. The summed E-state index contributed by atoms with van der Waals surface area (Å²) in [6, 6.07) is 0. The number of carbonyl (C=O) groups is 1. The van der Waals surface area contributed by atoms with Gasteiger partial charge in [0.2, 0.25) is 0 Å². The molecule has 4 bridgehead atoms. The molecule has 2 atom stereocenters. The van der Waals surface area contributed by atoms with Crippen molar-refractivity contribution in [2.75, 3.05) is 6.61 Å². The maximum absolute atomic E-state index is 13.1. The standard InChI is InChI=1S/C15H20F2O7S/c1-2-23-13-4-10-3-11(5-13)7-14(6-10,8-13)24-12(18)22-9-15(16,17)25(19,20)21/h2,10-11H,1,3-9H2,(H,19,20,21). The molecular formula is C15H20F2O7S. The zero-order valence-electron chi connectivity index (χ0n) is 13.4. The zero-order chi connectivity index (χ0) is 18.5. The minimum Gasteiger partial charge on any atom is -0.495 e. The molecule has 0 saturated heterocycles. The number of hydrogen-bond donors (Lipinski definition) is 1. The van der Waals surface area contributed by atoms with Crippen LogP contribution in [0.3, 0.4) is 0 Å². The SMILES string of the molecule is C=COC12CC3CC(C1)CC(OC(=O)OCC(F)(F)S(=O)(=O)O)(C3)C2. The van der Waals surface area contributed by atoms with Crippen molar-refractivity contribution in [2.45, 2.75) is 55.0 Å². The average Bonchev–Trinajstić information content (AvgIpc) is 2.42. The summed E-state index contributed by atoms with van der Waals surface area (Å²) in [4.78, 5) is 11.8. The molecule has 0 aromatic rings. The fourth-order valence-electron chi connectivity index (χ4n) is 4.95. The van der Waals surface area contributed by atoms with E-state index in [1.807, 2.05) is 0 Å². The Balaban J connectivity index is 1.66. The van der Waals surface area contributed by atoms with Crippen LogP contribution in [0.1, 0.15) is 38.5 Å². The molecule has 1 N–H and O–H groups in total. The lowest BCUT2D eigenvalue weighted by molar-refractivity contribution is -0.208. The van der Waals surface area contributed by atoms with Crippen LogP contribution < -0.4 is 0 Å². The molecule has 0 radical (unpaired) electrons. The Morgan fingerprint density at radius 1 is 1.24 bits per heavy atom. The van der Waals surface area contributed by atoms with E-state index in [0.717, 1.165) is 19.3 Å². The van der Waals surface area contributed by atoms with E-state index in [9.17, 15) is 22.0 Å². The molecule has 0 heterocycles. The van der Waals surface area contributed by atoms with E-state index in [0.29, 0.717) is 31.1 Å². The van der Waals surface area contributed by atoms with Crippen molar-refractivity contribution in [3.63, 3.8) is 0 Å². The van der Waals surface area contributed by atoms with Gasteiger partial charge >= 0.3 is 21.5 Å². The van der Waals surface area contributed by atoms with Crippen LogP contribution in [0.15, 0.2) is 12.8 Å². The summed E-state index contributed by atoms with van der Waals surface area (Å²) in [6.45, 7) is 1.78. The Hall–Kier alpha value is -1.42. The van der Waals surface area contributed by atoms with Crippen molar-refractivity contribution >= 4 is 16.3 Å². The summed E-state index contributed by atoms with van der Waals surface area (Å²) >= 11 is 0. The van der Waals surface area contributed by atoms with Crippen molar-refractivity contribution in [1.29, 1.82) is 0 Å². The highest BCUT2D eigenvalue weighted by atomic mass is 32.2. The first-order valence-corrected chi connectivity index (χ1v) is 9.42. The smallest absolute Gasteiger partial charge is 0.495 e. The fraction of sp³-hybridized carbons (Fsp3) is 0.800. The Kier molecular flexibility index (Phi) is 4.26. The maximum atomic E-state index is 13.1. The molecule has 4 aliphatic rings. The van der Waals surface area contributed by atoms with Crippen LogP contribution in [-0.4, -0.2) is 42.2 Å². The Morgan fingerprint density at radius 2 is 1.80 bits per heavy atom. The minimum atomic E-state index is -5.67. The van der Waals surface area contributed by atoms with Crippen LogP contribution in [0.2, 0.25) is 0 Å². The Labute approximate surface area is 144 Å². The molecule has 7 nitrogen and oxygen atoms in total. The van der Waals surface area contributed by atoms with Crippen LogP contribution >= 0.6 is 0 Å². The number of hydrogen-bond acceptors (Lipinski definition) is 6.